The number of anilines is 1. The van der Waals surface area contributed by atoms with E-state index in [-0.39, 0.29) is 5.91 Å². The van der Waals surface area contributed by atoms with Gasteiger partial charge in [0.05, 0.1) is 6.54 Å². The fourth-order valence-electron chi connectivity index (χ4n) is 2.37. The van der Waals surface area contributed by atoms with Gasteiger partial charge in [0.25, 0.3) is 0 Å². The normalized spacial score (nSPS) is 15.1. The SMILES string of the molecule is Cc1ccc(NCC(=O)N2CCN(C=O)CC2)c(C)c1. The van der Waals surface area contributed by atoms with E-state index in [1.54, 1.807) is 9.80 Å². The van der Waals surface area contributed by atoms with Crippen molar-refractivity contribution in [2.75, 3.05) is 38.0 Å². The standard InChI is InChI=1S/C15H21N3O2/c1-12-3-4-14(13(2)9-12)16-10-15(20)18-7-5-17(11-19)6-8-18/h3-4,9,11,16H,5-8,10H2,1-2H3. The lowest BCUT2D eigenvalue weighted by atomic mass is 10.1. The van der Waals surface area contributed by atoms with Gasteiger partial charge in [0.15, 0.2) is 0 Å². The maximum absolute atomic E-state index is 12.1. The molecule has 0 saturated carbocycles. The van der Waals surface area contributed by atoms with Gasteiger partial charge in [-0.2, -0.15) is 0 Å². The van der Waals surface area contributed by atoms with Crippen LogP contribution in [0.1, 0.15) is 11.1 Å². The Morgan fingerprint density at radius 3 is 2.55 bits per heavy atom. The zero-order valence-electron chi connectivity index (χ0n) is 12.1. The first-order valence-corrected chi connectivity index (χ1v) is 6.88. The van der Waals surface area contributed by atoms with E-state index in [0.717, 1.165) is 17.7 Å². The summed E-state index contributed by atoms with van der Waals surface area (Å²) in [6.07, 6.45) is 0.843. The van der Waals surface area contributed by atoms with E-state index < -0.39 is 0 Å². The average Bonchev–Trinajstić information content (AvgIpc) is 2.46. The van der Waals surface area contributed by atoms with Crippen LogP contribution in [0.4, 0.5) is 5.69 Å². The number of hydrogen-bond acceptors (Lipinski definition) is 3. The van der Waals surface area contributed by atoms with Crippen LogP contribution in [0.15, 0.2) is 18.2 Å². The van der Waals surface area contributed by atoms with Gasteiger partial charge in [-0.25, -0.2) is 0 Å². The van der Waals surface area contributed by atoms with E-state index in [2.05, 4.69) is 18.3 Å². The average molecular weight is 275 g/mol. The summed E-state index contributed by atoms with van der Waals surface area (Å²) >= 11 is 0. The highest BCUT2D eigenvalue weighted by Crippen LogP contribution is 2.15. The zero-order chi connectivity index (χ0) is 14.5. The number of rotatable bonds is 4. The second kappa shape index (κ2) is 6.41. The summed E-state index contributed by atoms with van der Waals surface area (Å²) in [4.78, 5) is 26.2. The van der Waals surface area contributed by atoms with Crippen molar-refractivity contribution < 1.29 is 9.59 Å². The van der Waals surface area contributed by atoms with E-state index in [9.17, 15) is 9.59 Å². The molecule has 0 aliphatic carbocycles. The number of aryl methyl sites for hydroxylation is 2. The molecule has 2 rings (SSSR count). The zero-order valence-corrected chi connectivity index (χ0v) is 12.1. The highest BCUT2D eigenvalue weighted by atomic mass is 16.2. The Labute approximate surface area is 119 Å². The first kappa shape index (κ1) is 14.4. The van der Waals surface area contributed by atoms with Crippen LogP contribution in [0.3, 0.4) is 0 Å². The molecule has 2 amide bonds. The molecule has 0 radical (unpaired) electrons. The summed E-state index contributed by atoms with van der Waals surface area (Å²) in [6, 6.07) is 6.13. The maximum Gasteiger partial charge on any atom is 0.241 e. The molecule has 1 aromatic rings. The number of carbonyl (C=O) groups excluding carboxylic acids is 2. The molecule has 1 N–H and O–H groups in total. The number of nitrogens with zero attached hydrogens (tertiary/aromatic N) is 2. The lowest BCUT2D eigenvalue weighted by Crippen LogP contribution is -2.49. The number of nitrogens with one attached hydrogen (secondary N) is 1. The Morgan fingerprint density at radius 2 is 1.95 bits per heavy atom. The molecule has 1 saturated heterocycles. The molecule has 0 atom stereocenters. The van der Waals surface area contributed by atoms with Crippen LogP contribution in [0, 0.1) is 13.8 Å². The van der Waals surface area contributed by atoms with E-state index in [4.69, 9.17) is 0 Å². The molecule has 0 unspecified atom stereocenters. The van der Waals surface area contributed by atoms with Gasteiger partial charge in [-0.05, 0) is 25.5 Å². The van der Waals surface area contributed by atoms with Gasteiger partial charge in [-0.3, -0.25) is 9.59 Å². The van der Waals surface area contributed by atoms with Crippen molar-refractivity contribution >= 4 is 18.0 Å². The van der Waals surface area contributed by atoms with Crippen LogP contribution in [0.5, 0.6) is 0 Å². The predicted octanol–water partition coefficient (Wildman–Crippen LogP) is 1.02. The summed E-state index contributed by atoms with van der Waals surface area (Å²) in [5, 5.41) is 3.19. The Morgan fingerprint density at radius 1 is 1.25 bits per heavy atom. The van der Waals surface area contributed by atoms with Crippen molar-refractivity contribution in [2.45, 2.75) is 13.8 Å². The van der Waals surface area contributed by atoms with Crippen molar-refractivity contribution in [1.82, 2.24) is 9.80 Å². The lowest BCUT2D eigenvalue weighted by molar-refractivity contribution is -0.133. The van der Waals surface area contributed by atoms with Crippen molar-refractivity contribution in [3.63, 3.8) is 0 Å². The molecule has 1 aromatic carbocycles. The third-order valence-electron chi connectivity index (χ3n) is 3.63. The molecule has 5 nitrogen and oxygen atoms in total. The second-order valence-electron chi connectivity index (χ2n) is 5.19. The van der Waals surface area contributed by atoms with E-state index >= 15 is 0 Å². The number of benzene rings is 1. The van der Waals surface area contributed by atoms with E-state index in [1.807, 2.05) is 19.1 Å². The first-order chi connectivity index (χ1) is 9.60. The van der Waals surface area contributed by atoms with Crippen molar-refractivity contribution in [3.05, 3.63) is 29.3 Å². The molecular weight excluding hydrogens is 254 g/mol. The molecule has 0 aromatic heterocycles. The highest BCUT2D eigenvalue weighted by molar-refractivity contribution is 5.81. The monoisotopic (exact) mass is 275 g/mol. The van der Waals surface area contributed by atoms with Crippen molar-refractivity contribution in [3.8, 4) is 0 Å². The Kier molecular flexibility index (Phi) is 4.61. The third kappa shape index (κ3) is 3.50. The Bertz CT molecular complexity index is 494. The van der Waals surface area contributed by atoms with Crippen LogP contribution in [-0.2, 0) is 9.59 Å². The predicted molar refractivity (Wildman–Crippen MR) is 78.6 cm³/mol. The third-order valence-corrected chi connectivity index (χ3v) is 3.63. The summed E-state index contributed by atoms with van der Waals surface area (Å²) in [5.74, 6) is 0.0792. The van der Waals surface area contributed by atoms with Crippen LogP contribution in [0.25, 0.3) is 0 Å². The van der Waals surface area contributed by atoms with Gasteiger partial charge >= 0.3 is 0 Å². The quantitative estimate of drug-likeness (QED) is 0.835. The molecule has 1 aliphatic rings. The molecule has 108 valence electrons. The summed E-state index contributed by atoms with van der Waals surface area (Å²) in [5.41, 5.74) is 3.35. The fraction of sp³-hybridized carbons (Fsp3) is 0.467. The summed E-state index contributed by atoms with van der Waals surface area (Å²) in [7, 11) is 0. The summed E-state index contributed by atoms with van der Waals surface area (Å²) < 4.78 is 0. The highest BCUT2D eigenvalue weighted by Gasteiger charge is 2.19. The van der Waals surface area contributed by atoms with Gasteiger partial charge in [0.2, 0.25) is 12.3 Å². The minimum Gasteiger partial charge on any atom is -0.376 e. The molecule has 1 aliphatic heterocycles. The molecule has 5 heteroatoms. The molecule has 20 heavy (non-hydrogen) atoms. The van der Waals surface area contributed by atoms with E-state index in [0.29, 0.717) is 32.7 Å². The molecule has 1 heterocycles. The molecule has 1 fully saturated rings. The van der Waals surface area contributed by atoms with Gasteiger partial charge in [0.1, 0.15) is 0 Å². The smallest absolute Gasteiger partial charge is 0.241 e. The maximum atomic E-state index is 12.1. The number of carbonyl (C=O) groups is 2. The van der Waals surface area contributed by atoms with Gasteiger partial charge in [-0.15, -0.1) is 0 Å². The Hall–Kier alpha value is -2.04. The molecule has 0 bridgehead atoms. The van der Waals surface area contributed by atoms with Gasteiger partial charge in [0, 0.05) is 31.9 Å². The van der Waals surface area contributed by atoms with Crippen LogP contribution in [-0.4, -0.2) is 54.8 Å². The largest absolute Gasteiger partial charge is 0.376 e. The van der Waals surface area contributed by atoms with Crippen LogP contribution in [0.2, 0.25) is 0 Å². The number of hydrogen-bond donors (Lipinski definition) is 1. The Balaban J connectivity index is 1.85. The molecular formula is C15H21N3O2. The minimum atomic E-state index is 0.0792. The first-order valence-electron chi connectivity index (χ1n) is 6.88. The number of piperazine rings is 1. The van der Waals surface area contributed by atoms with E-state index in [1.165, 1.54) is 5.56 Å². The van der Waals surface area contributed by atoms with Gasteiger partial charge < -0.3 is 15.1 Å². The summed E-state index contributed by atoms with van der Waals surface area (Å²) in [6.45, 7) is 6.86. The van der Waals surface area contributed by atoms with Gasteiger partial charge in [-0.1, -0.05) is 17.7 Å². The molecule has 0 spiro atoms. The lowest BCUT2D eigenvalue weighted by Gasteiger charge is -2.32. The van der Waals surface area contributed by atoms with Crippen LogP contribution >= 0.6 is 0 Å². The van der Waals surface area contributed by atoms with Crippen molar-refractivity contribution in [1.29, 1.82) is 0 Å². The fourth-order valence-corrected chi connectivity index (χ4v) is 2.37. The minimum absolute atomic E-state index is 0.0792. The second-order valence-corrected chi connectivity index (χ2v) is 5.19. The van der Waals surface area contributed by atoms with Crippen molar-refractivity contribution in [2.24, 2.45) is 0 Å². The topological polar surface area (TPSA) is 52.7 Å². The van der Waals surface area contributed by atoms with Crippen LogP contribution < -0.4 is 5.32 Å². The number of amides is 2.